The second-order valence-electron chi connectivity index (χ2n) is 16.0. The summed E-state index contributed by atoms with van der Waals surface area (Å²) in [5.41, 5.74) is 33.7. The van der Waals surface area contributed by atoms with Crippen LogP contribution in [0.3, 0.4) is 0 Å². The first kappa shape index (κ1) is 32.4. The molecule has 0 radical (unpaired) electrons. The van der Waals surface area contributed by atoms with E-state index < -0.39 is 0 Å². The molecular formula is C46H54. The van der Waals surface area contributed by atoms with Gasteiger partial charge in [-0.1, -0.05) is 39.5 Å². The second-order valence-corrected chi connectivity index (χ2v) is 16.0. The van der Waals surface area contributed by atoms with Crippen LogP contribution in [0.15, 0.2) is 0 Å². The molecule has 0 heteroatoms. The van der Waals surface area contributed by atoms with Crippen LogP contribution < -0.4 is 0 Å². The maximum atomic E-state index is 3.82. The number of hydrogen-bond donors (Lipinski definition) is 0. The Morgan fingerprint density at radius 2 is 0.478 bits per heavy atom. The Bertz CT molecular complexity index is 2010. The molecule has 0 saturated carbocycles. The molecule has 6 rings (SSSR count). The zero-order valence-corrected chi connectivity index (χ0v) is 32.0. The lowest BCUT2D eigenvalue weighted by Gasteiger charge is -2.28. The first-order valence-electron chi connectivity index (χ1n) is 17.2. The molecule has 0 bridgehead atoms. The van der Waals surface area contributed by atoms with Crippen LogP contribution >= 0.6 is 0 Å². The number of fused-ring (bicyclic) bond motifs is 6. The van der Waals surface area contributed by atoms with Crippen LogP contribution in [0.1, 0.15) is 139 Å². The summed E-state index contributed by atoms with van der Waals surface area (Å²) in [6.07, 6.45) is 0. The molecule has 238 valence electrons. The number of benzene rings is 4. The second kappa shape index (κ2) is 9.97. The van der Waals surface area contributed by atoms with Gasteiger partial charge in [0.25, 0.3) is 0 Å². The van der Waals surface area contributed by atoms with Crippen LogP contribution in [0.5, 0.6) is 0 Å². The standard InChI is InChI=1S/C46H54/c1-21-23(3)31(11)41-37(27(21)7)39-29(9)25(5)35(33(13)43(39)45(41,15)16)19-20-36-26(6)30(10)40-38-28(8)22(2)24(4)32(12)42(38)46(17,18)44(40)34(36)14/h1-18H3. The predicted octanol–water partition coefficient (Wildman–Crippen LogP) is 12.0. The lowest BCUT2D eigenvalue weighted by atomic mass is 9.75. The highest BCUT2D eigenvalue weighted by Gasteiger charge is 2.43. The summed E-state index contributed by atoms with van der Waals surface area (Å²) >= 11 is 0. The van der Waals surface area contributed by atoms with E-state index in [1.54, 1.807) is 0 Å². The number of hydrogen-bond acceptors (Lipinski definition) is 0. The highest BCUT2D eigenvalue weighted by Crippen LogP contribution is 2.57. The maximum absolute atomic E-state index is 3.82. The van der Waals surface area contributed by atoms with Crippen molar-refractivity contribution in [3.63, 3.8) is 0 Å². The quantitative estimate of drug-likeness (QED) is 0.175. The van der Waals surface area contributed by atoms with Gasteiger partial charge in [-0.05, 0) is 219 Å². The molecule has 0 spiro atoms. The van der Waals surface area contributed by atoms with Gasteiger partial charge >= 0.3 is 0 Å². The first-order valence-corrected chi connectivity index (χ1v) is 17.2. The van der Waals surface area contributed by atoms with Crippen LogP contribution in [0.2, 0.25) is 0 Å². The van der Waals surface area contributed by atoms with Crippen molar-refractivity contribution >= 4 is 0 Å². The first-order chi connectivity index (χ1) is 21.2. The van der Waals surface area contributed by atoms with Gasteiger partial charge in [-0.25, -0.2) is 0 Å². The van der Waals surface area contributed by atoms with Crippen molar-refractivity contribution in [2.24, 2.45) is 0 Å². The summed E-state index contributed by atoms with van der Waals surface area (Å²) in [5.74, 6) is 7.65. The van der Waals surface area contributed by atoms with Crippen LogP contribution in [0.4, 0.5) is 0 Å². The van der Waals surface area contributed by atoms with Gasteiger partial charge in [-0.2, -0.15) is 0 Å². The summed E-state index contributed by atoms with van der Waals surface area (Å²) in [5, 5.41) is 0. The average molecular weight is 607 g/mol. The number of rotatable bonds is 0. The molecule has 2 aliphatic carbocycles. The summed E-state index contributed by atoms with van der Waals surface area (Å²) in [7, 11) is 0. The van der Waals surface area contributed by atoms with Crippen molar-refractivity contribution in [2.45, 2.75) is 135 Å². The predicted molar refractivity (Wildman–Crippen MR) is 200 cm³/mol. The lowest BCUT2D eigenvalue weighted by Crippen LogP contribution is -2.20. The monoisotopic (exact) mass is 606 g/mol. The minimum absolute atomic E-state index is 0.0747. The molecule has 0 aromatic heterocycles. The molecule has 0 fully saturated rings. The van der Waals surface area contributed by atoms with Gasteiger partial charge in [0.2, 0.25) is 0 Å². The fourth-order valence-corrected chi connectivity index (χ4v) is 10.1. The van der Waals surface area contributed by atoms with Crippen LogP contribution in [-0.2, 0) is 10.8 Å². The zero-order chi connectivity index (χ0) is 34.3. The van der Waals surface area contributed by atoms with E-state index >= 15 is 0 Å². The van der Waals surface area contributed by atoms with Crippen molar-refractivity contribution in [1.82, 2.24) is 0 Å². The minimum atomic E-state index is -0.0747. The SMILES string of the molecule is Cc1c(C)c(C)c2c(c1C)-c1c(C)c(C)c(C#Cc3c(C)c(C)c4c(c3C)C(C)(C)c3c(C)c(C)c(C)c(C)c3-4)c(C)c1C2(C)C. The maximum Gasteiger partial charge on any atom is 0.0313 e. The van der Waals surface area contributed by atoms with Crippen LogP contribution in [-0.4, -0.2) is 0 Å². The van der Waals surface area contributed by atoms with Gasteiger partial charge < -0.3 is 0 Å². The normalized spacial score (nSPS) is 14.9. The Hall–Kier alpha value is -3.56. The smallest absolute Gasteiger partial charge is 0.0313 e. The molecule has 0 aliphatic heterocycles. The van der Waals surface area contributed by atoms with E-state index in [1.807, 2.05) is 0 Å². The van der Waals surface area contributed by atoms with E-state index in [4.69, 9.17) is 0 Å². The Morgan fingerprint density at radius 1 is 0.261 bits per heavy atom. The molecule has 4 aromatic rings. The van der Waals surface area contributed by atoms with Gasteiger partial charge in [-0.3, -0.25) is 0 Å². The Morgan fingerprint density at radius 3 is 0.761 bits per heavy atom. The molecule has 0 heterocycles. The molecule has 0 amide bonds. The van der Waals surface area contributed by atoms with Crippen molar-refractivity contribution < 1.29 is 0 Å². The molecule has 46 heavy (non-hydrogen) atoms. The Labute approximate surface area is 280 Å². The highest BCUT2D eigenvalue weighted by atomic mass is 14.5. The summed E-state index contributed by atoms with van der Waals surface area (Å²) < 4.78 is 0. The summed E-state index contributed by atoms with van der Waals surface area (Å²) in [6.45, 7) is 42.2. The van der Waals surface area contributed by atoms with Gasteiger partial charge in [0.1, 0.15) is 0 Å². The summed E-state index contributed by atoms with van der Waals surface area (Å²) in [6, 6.07) is 0. The van der Waals surface area contributed by atoms with E-state index in [0.29, 0.717) is 0 Å². The third kappa shape index (κ3) is 3.75. The average Bonchev–Trinajstić information content (AvgIpc) is 3.39. The van der Waals surface area contributed by atoms with Crippen LogP contribution in [0.25, 0.3) is 22.3 Å². The van der Waals surface area contributed by atoms with Gasteiger partial charge in [-0.15, -0.1) is 0 Å². The van der Waals surface area contributed by atoms with Crippen molar-refractivity contribution in [1.29, 1.82) is 0 Å². The molecule has 0 atom stereocenters. The molecule has 0 nitrogen and oxygen atoms in total. The highest BCUT2D eigenvalue weighted by molar-refractivity contribution is 5.92. The molecule has 2 aliphatic rings. The minimum Gasteiger partial charge on any atom is -0.0611 e. The molecule has 4 aromatic carbocycles. The topological polar surface area (TPSA) is 0 Å². The third-order valence-corrected chi connectivity index (χ3v) is 13.3. The van der Waals surface area contributed by atoms with Gasteiger partial charge in [0.15, 0.2) is 0 Å². The summed E-state index contributed by atoms with van der Waals surface area (Å²) in [4.78, 5) is 0. The molecule has 0 saturated heterocycles. The Kier molecular flexibility index (Phi) is 7.02. The molecular weight excluding hydrogens is 553 g/mol. The van der Waals surface area contributed by atoms with Crippen molar-refractivity contribution in [3.05, 3.63) is 111 Å². The largest absolute Gasteiger partial charge is 0.0611 e. The fourth-order valence-electron chi connectivity index (χ4n) is 10.1. The van der Waals surface area contributed by atoms with Crippen LogP contribution in [0, 0.1) is 109 Å². The molecule has 0 unspecified atom stereocenters. The van der Waals surface area contributed by atoms with Gasteiger partial charge in [0, 0.05) is 22.0 Å². The van der Waals surface area contributed by atoms with Crippen molar-refractivity contribution in [3.8, 4) is 34.1 Å². The fraction of sp³-hybridized carbons (Fsp3) is 0.435. The third-order valence-electron chi connectivity index (χ3n) is 13.3. The van der Waals surface area contributed by atoms with Gasteiger partial charge in [0.05, 0.1) is 0 Å². The zero-order valence-electron chi connectivity index (χ0n) is 32.0. The van der Waals surface area contributed by atoms with Crippen molar-refractivity contribution in [2.75, 3.05) is 0 Å². The lowest BCUT2D eigenvalue weighted by molar-refractivity contribution is 0.648. The van der Waals surface area contributed by atoms with E-state index in [2.05, 4.69) is 136 Å². The Balaban J connectivity index is 1.62. The molecule has 0 N–H and O–H groups in total. The van der Waals surface area contributed by atoms with E-state index in [1.165, 1.54) is 134 Å². The van der Waals surface area contributed by atoms with E-state index in [9.17, 15) is 0 Å². The van der Waals surface area contributed by atoms with E-state index in [0.717, 1.165) is 0 Å². The van der Waals surface area contributed by atoms with E-state index in [-0.39, 0.29) is 10.8 Å².